The smallest absolute Gasteiger partial charge is 0.166 e. The number of hydrogen-bond donors (Lipinski definition) is 2. The number of benzene rings is 1. The lowest BCUT2D eigenvalue weighted by atomic mass is 9.37. The predicted octanol–water partition coefficient (Wildman–Crippen LogP) is 3.76. The molecule has 1 aromatic rings. The molecule has 2 N–H and O–H groups in total. The van der Waals surface area contributed by atoms with E-state index in [0.29, 0.717) is 0 Å². The Kier molecular flexibility index (Phi) is 4.62. The molecule has 0 amide bonds. The third-order valence-electron chi connectivity index (χ3n) is 9.05. The highest BCUT2D eigenvalue weighted by Crippen LogP contribution is 2.74. The van der Waals surface area contributed by atoms with Gasteiger partial charge in [0, 0.05) is 30.0 Å². The Bertz CT molecular complexity index is 921. The van der Waals surface area contributed by atoms with Crippen LogP contribution in [0.25, 0.3) is 0 Å². The first-order valence-electron chi connectivity index (χ1n) is 11.8. The highest BCUT2D eigenvalue weighted by Gasteiger charge is 2.78. The minimum absolute atomic E-state index is 0.0764. The Labute approximate surface area is 186 Å². The molecule has 5 aliphatic rings. The van der Waals surface area contributed by atoms with Crippen LogP contribution in [0.15, 0.2) is 24.3 Å². The summed E-state index contributed by atoms with van der Waals surface area (Å²) in [6.07, 6.45) is 9.54. The van der Waals surface area contributed by atoms with Crippen LogP contribution in [0.2, 0.25) is 0 Å². The lowest BCUT2D eigenvalue weighted by Crippen LogP contribution is -2.78. The molecule has 6 atom stereocenters. The van der Waals surface area contributed by atoms with Gasteiger partial charge in [0.15, 0.2) is 11.5 Å². The highest BCUT2D eigenvalue weighted by atomic mass is 16.6. The van der Waals surface area contributed by atoms with Gasteiger partial charge < -0.3 is 24.6 Å². The molecule has 1 aromatic carbocycles. The van der Waals surface area contributed by atoms with Gasteiger partial charge in [-0.15, -0.1) is 0 Å². The molecule has 5 nitrogen and oxygen atoms in total. The summed E-state index contributed by atoms with van der Waals surface area (Å²) >= 11 is 0. The summed E-state index contributed by atoms with van der Waals surface area (Å²) < 4.78 is 19.1. The van der Waals surface area contributed by atoms with Crippen molar-refractivity contribution in [1.82, 2.24) is 5.32 Å². The molecule has 4 aliphatic carbocycles. The topological polar surface area (TPSA) is 60.0 Å². The second-order valence-corrected chi connectivity index (χ2v) is 10.6. The number of likely N-dealkylation sites (N-methyl/N-ethyl adjacent to an activating group) is 1. The zero-order valence-electron chi connectivity index (χ0n) is 19.7. The van der Waals surface area contributed by atoms with Gasteiger partial charge in [0.25, 0.3) is 0 Å². The van der Waals surface area contributed by atoms with Crippen LogP contribution in [0.5, 0.6) is 11.5 Å². The summed E-state index contributed by atoms with van der Waals surface area (Å²) in [5.74, 6) is 1.61. The van der Waals surface area contributed by atoms with Gasteiger partial charge in [-0.3, -0.25) is 0 Å². The van der Waals surface area contributed by atoms with Gasteiger partial charge in [0.2, 0.25) is 0 Å². The van der Waals surface area contributed by atoms with E-state index in [0.717, 1.165) is 43.6 Å². The van der Waals surface area contributed by atoms with E-state index in [2.05, 4.69) is 37.5 Å². The van der Waals surface area contributed by atoms with Crippen molar-refractivity contribution in [3.05, 3.63) is 35.4 Å². The Balaban J connectivity index is 1.86. The third-order valence-corrected chi connectivity index (χ3v) is 9.05. The molecule has 5 heteroatoms. The van der Waals surface area contributed by atoms with Gasteiger partial charge in [0.1, 0.15) is 11.7 Å². The minimum atomic E-state index is -0.897. The number of aliphatic hydroxyl groups is 1. The van der Waals surface area contributed by atoms with Crippen LogP contribution in [0.3, 0.4) is 0 Å². The van der Waals surface area contributed by atoms with Crippen LogP contribution in [-0.2, 0) is 16.6 Å². The lowest BCUT2D eigenvalue weighted by Gasteiger charge is -2.69. The zero-order valence-corrected chi connectivity index (χ0v) is 19.7. The Morgan fingerprint density at radius 1 is 1.26 bits per heavy atom. The second-order valence-electron chi connectivity index (χ2n) is 10.6. The SMILES string of the molecule is CCCC[C@]12c3c4ccc(OC)c3OC1C1(OC)C=CC2(C[C@@H]1C(C)(C)O)C(NC)C4. The van der Waals surface area contributed by atoms with E-state index >= 15 is 0 Å². The van der Waals surface area contributed by atoms with Crippen molar-refractivity contribution >= 4 is 0 Å². The Morgan fingerprint density at radius 2 is 2.03 bits per heavy atom. The summed E-state index contributed by atoms with van der Waals surface area (Å²) in [7, 11) is 5.57. The van der Waals surface area contributed by atoms with E-state index in [-0.39, 0.29) is 28.9 Å². The van der Waals surface area contributed by atoms with Crippen LogP contribution >= 0.6 is 0 Å². The monoisotopic (exact) mass is 427 g/mol. The first kappa shape index (κ1) is 21.3. The van der Waals surface area contributed by atoms with Crippen molar-refractivity contribution in [1.29, 1.82) is 0 Å². The maximum atomic E-state index is 11.3. The van der Waals surface area contributed by atoms with Gasteiger partial charge in [-0.2, -0.15) is 0 Å². The average Bonchev–Trinajstić information content (AvgIpc) is 3.14. The first-order valence-corrected chi connectivity index (χ1v) is 11.8. The Morgan fingerprint density at radius 3 is 2.65 bits per heavy atom. The van der Waals surface area contributed by atoms with Crippen molar-refractivity contribution in [3.63, 3.8) is 0 Å². The fourth-order valence-electron chi connectivity index (χ4n) is 7.80. The Hall–Kier alpha value is -1.56. The van der Waals surface area contributed by atoms with Crippen LogP contribution in [0.4, 0.5) is 0 Å². The number of hydrogen-bond acceptors (Lipinski definition) is 5. The summed E-state index contributed by atoms with van der Waals surface area (Å²) in [5, 5.41) is 15.0. The minimum Gasteiger partial charge on any atom is -0.493 e. The molecular formula is C26H37NO4. The number of ether oxygens (including phenoxy) is 3. The standard InChI is InChI=1S/C26H37NO4/c1-7-8-11-25-20-16-9-10-17(29-5)21(20)31-22(25)26(30-6)13-12-24(25,19(14-16)27-4)15-18(26)23(2,3)28/h9-10,12-13,18-19,22,27-28H,7-8,11,14-15H2,1-6H3/t18-,19?,22?,24?,25+,26?/m1/s1. The predicted molar refractivity (Wildman–Crippen MR) is 121 cm³/mol. The molecule has 1 saturated carbocycles. The molecule has 1 aliphatic heterocycles. The van der Waals surface area contributed by atoms with Crippen molar-refractivity contribution in [3.8, 4) is 11.5 Å². The zero-order chi connectivity index (χ0) is 22.2. The van der Waals surface area contributed by atoms with E-state index in [9.17, 15) is 5.11 Å². The van der Waals surface area contributed by atoms with Crippen molar-refractivity contribution < 1.29 is 19.3 Å². The van der Waals surface area contributed by atoms with Crippen molar-refractivity contribution in [2.24, 2.45) is 11.3 Å². The maximum absolute atomic E-state index is 11.3. The van der Waals surface area contributed by atoms with E-state index in [1.165, 1.54) is 11.1 Å². The third kappa shape index (κ3) is 2.33. The van der Waals surface area contributed by atoms with Gasteiger partial charge in [-0.1, -0.05) is 38.0 Å². The van der Waals surface area contributed by atoms with Crippen molar-refractivity contribution in [2.45, 2.75) is 81.6 Å². The number of fused-ring (bicyclic) bond motifs is 1. The van der Waals surface area contributed by atoms with Crippen LogP contribution in [0.1, 0.15) is 57.6 Å². The van der Waals surface area contributed by atoms with Crippen molar-refractivity contribution in [2.75, 3.05) is 21.3 Å². The molecule has 31 heavy (non-hydrogen) atoms. The fourth-order valence-corrected chi connectivity index (χ4v) is 7.80. The summed E-state index contributed by atoms with van der Waals surface area (Å²) in [4.78, 5) is 0. The van der Waals surface area contributed by atoms with E-state index in [1.807, 2.05) is 19.9 Å². The average molecular weight is 428 g/mol. The summed E-state index contributed by atoms with van der Waals surface area (Å²) in [6, 6.07) is 4.54. The van der Waals surface area contributed by atoms with Crippen LogP contribution in [-0.4, -0.2) is 49.7 Å². The summed E-state index contributed by atoms with van der Waals surface area (Å²) in [6.45, 7) is 6.09. The maximum Gasteiger partial charge on any atom is 0.166 e. The molecule has 6 rings (SSSR count). The molecule has 1 heterocycles. The molecule has 0 aromatic heterocycles. The molecule has 0 saturated heterocycles. The second kappa shape index (κ2) is 6.72. The van der Waals surface area contributed by atoms with Gasteiger partial charge in [-0.05, 0) is 51.8 Å². The number of unbranched alkanes of at least 4 members (excludes halogenated alkanes) is 1. The van der Waals surface area contributed by atoms with E-state index < -0.39 is 11.2 Å². The van der Waals surface area contributed by atoms with Gasteiger partial charge in [-0.25, -0.2) is 0 Å². The van der Waals surface area contributed by atoms with Gasteiger partial charge in [0.05, 0.1) is 18.1 Å². The number of rotatable bonds is 7. The van der Waals surface area contributed by atoms with Crippen LogP contribution in [0, 0.1) is 11.3 Å². The van der Waals surface area contributed by atoms with Gasteiger partial charge >= 0.3 is 0 Å². The first-order chi connectivity index (χ1) is 14.8. The number of methoxy groups -OCH3 is 2. The lowest BCUT2D eigenvalue weighted by molar-refractivity contribution is -0.228. The normalized spacial score (nSPS) is 39.4. The van der Waals surface area contributed by atoms with E-state index in [1.54, 1.807) is 14.2 Å². The van der Waals surface area contributed by atoms with Crippen LogP contribution < -0.4 is 14.8 Å². The fraction of sp³-hybridized carbons (Fsp3) is 0.692. The molecule has 1 spiro atoms. The molecule has 1 fully saturated rings. The summed E-state index contributed by atoms with van der Waals surface area (Å²) in [5.41, 5.74) is 0.733. The molecular weight excluding hydrogens is 390 g/mol. The quantitative estimate of drug-likeness (QED) is 0.649. The molecule has 4 unspecified atom stereocenters. The highest BCUT2D eigenvalue weighted by molar-refractivity contribution is 5.65. The molecule has 170 valence electrons. The number of nitrogens with one attached hydrogen (secondary N) is 1. The molecule has 0 radical (unpaired) electrons. The molecule has 2 bridgehead atoms. The largest absolute Gasteiger partial charge is 0.493 e. The van der Waals surface area contributed by atoms with E-state index in [4.69, 9.17) is 14.2 Å².